The van der Waals surface area contributed by atoms with Gasteiger partial charge in [0.25, 0.3) is 11.5 Å². The van der Waals surface area contributed by atoms with Crippen molar-refractivity contribution in [2.75, 3.05) is 35.7 Å². The fraction of sp³-hybridized carbons (Fsp3) is 0.381. The maximum absolute atomic E-state index is 12.3. The number of fused-ring (bicyclic) bond motifs is 1. The molecule has 1 aliphatic rings. The number of likely N-dealkylation sites (N-methyl/N-ethyl adjacent to an activating group) is 1. The maximum atomic E-state index is 12.3. The predicted molar refractivity (Wildman–Crippen MR) is 121 cm³/mol. The van der Waals surface area contributed by atoms with Gasteiger partial charge in [-0.25, -0.2) is 9.78 Å². The number of H-pyrrole nitrogens is 1. The van der Waals surface area contributed by atoms with Gasteiger partial charge in [0.2, 0.25) is 0 Å². The second-order valence-electron chi connectivity index (χ2n) is 7.75. The molecular weight excluding hydrogens is 432 g/mol. The molecule has 6 N–H and O–H groups in total. The topological polar surface area (TPSA) is 177 Å². The number of amides is 1. The van der Waals surface area contributed by atoms with Crippen LogP contribution in [0, 0.1) is 6.92 Å². The fourth-order valence-corrected chi connectivity index (χ4v) is 3.52. The Balaban J connectivity index is 1.58. The molecule has 12 heteroatoms. The molecule has 0 bridgehead atoms. The number of carboxylic acids is 2. The van der Waals surface area contributed by atoms with Crippen LogP contribution in [-0.2, 0) is 9.59 Å². The van der Waals surface area contributed by atoms with Crippen LogP contribution >= 0.6 is 0 Å². The van der Waals surface area contributed by atoms with E-state index < -0.39 is 23.9 Å². The number of aromatic amines is 1. The molecule has 0 aliphatic carbocycles. The minimum absolute atomic E-state index is 0.0309. The molecule has 1 aliphatic heterocycles. The number of rotatable bonds is 9. The number of hydrogen-bond donors (Lipinski definition) is 6. The molecule has 1 aromatic heterocycles. The molecule has 33 heavy (non-hydrogen) atoms. The number of carbonyl (C=O) groups excluding carboxylic acids is 1. The van der Waals surface area contributed by atoms with Crippen molar-refractivity contribution in [1.29, 1.82) is 0 Å². The second-order valence-corrected chi connectivity index (χ2v) is 7.75. The van der Waals surface area contributed by atoms with Crippen LogP contribution in [-0.4, -0.2) is 70.2 Å². The zero-order chi connectivity index (χ0) is 24.1. The molecule has 12 nitrogen and oxygen atoms in total. The SMILES string of the molecule is Cc1nc2c(c(=O)[nH]1)N(C)C(CNc1ccc(C(=O)N[C@@H](CCC(=O)O)C(=O)O)cc1)CN2. The van der Waals surface area contributed by atoms with Gasteiger partial charge in [-0.3, -0.25) is 14.4 Å². The molecule has 3 rings (SSSR count). The lowest BCUT2D eigenvalue weighted by molar-refractivity contribution is -0.140. The lowest BCUT2D eigenvalue weighted by Crippen LogP contribution is -2.48. The number of aromatic nitrogens is 2. The van der Waals surface area contributed by atoms with Gasteiger partial charge < -0.3 is 36.0 Å². The van der Waals surface area contributed by atoms with Crippen molar-refractivity contribution < 1.29 is 24.6 Å². The summed E-state index contributed by atoms with van der Waals surface area (Å²) in [4.78, 5) is 55.5. The first-order chi connectivity index (χ1) is 15.7. The summed E-state index contributed by atoms with van der Waals surface area (Å²) in [7, 11) is 1.83. The Bertz CT molecular complexity index is 1100. The number of benzene rings is 1. The first kappa shape index (κ1) is 23.6. The third-order valence-corrected chi connectivity index (χ3v) is 5.36. The van der Waals surface area contributed by atoms with E-state index in [0.717, 1.165) is 5.69 Å². The average Bonchev–Trinajstić information content (AvgIpc) is 2.75. The maximum Gasteiger partial charge on any atom is 0.326 e. The molecule has 0 fully saturated rings. The van der Waals surface area contributed by atoms with Crippen molar-refractivity contribution in [2.45, 2.75) is 31.8 Å². The zero-order valence-corrected chi connectivity index (χ0v) is 18.2. The van der Waals surface area contributed by atoms with E-state index in [1.54, 1.807) is 31.2 Å². The van der Waals surface area contributed by atoms with Crippen molar-refractivity contribution in [2.24, 2.45) is 0 Å². The fourth-order valence-electron chi connectivity index (χ4n) is 3.52. The molecule has 0 saturated carbocycles. The van der Waals surface area contributed by atoms with E-state index in [2.05, 4.69) is 25.9 Å². The van der Waals surface area contributed by atoms with Gasteiger partial charge in [0, 0.05) is 37.8 Å². The lowest BCUT2D eigenvalue weighted by atomic mass is 10.1. The van der Waals surface area contributed by atoms with Gasteiger partial charge in [-0.05, 0) is 37.6 Å². The van der Waals surface area contributed by atoms with E-state index in [4.69, 9.17) is 5.11 Å². The molecule has 0 radical (unpaired) electrons. The Hall–Kier alpha value is -4.09. The van der Waals surface area contributed by atoms with Crippen molar-refractivity contribution in [3.8, 4) is 0 Å². The number of carboxylic acid groups (broad SMARTS) is 2. The summed E-state index contributed by atoms with van der Waals surface area (Å²) in [6.45, 7) is 2.82. The monoisotopic (exact) mass is 458 g/mol. The Morgan fingerprint density at radius 1 is 1.24 bits per heavy atom. The molecule has 1 amide bonds. The Labute approximate surface area is 189 Å². The first-order valence-electron chi connectivity index (χ1n) is 10.3. The Morgan fingerprint density at radius 2 is 1.94 bits per heavy atom. The van der Waals surface area contributed by atoms with Crippen LogP contribution in [0.2, 0.25) is 0 Å². The summed E-state index contributed by atoms with van der Waals surface area (Å²) >= 11 is 0. The predicted octanol–water partition coefficient (Wildman–Crippen LogP) is 0.469. The number of aryl methyl sites for hydroxylation is 1. The highest BCUT2D eigenvalue weighted by atomic mass is 16.4. The largest absolute Gasteiger partial charge is 0.481 e. The van der Waals surface area contributed by atoms with Gasteiger partial charge in [-0.1, -0.05) is 0 Å². The molecule has 1 unspecified atom stereocenters. The van der Waals surface area contributed by atoms with Crippen LogP contribution in [0.5, 0.6) is 0 Å². The van der Waals surface area contributed by atoms with Crippen LogP contribution in [0.3, 0.4) is 0 Å². The summed E-state index contributed by atoms with van der Waals surface area (Å²) in [5.74, 6) is -1.94. The molecule has 2 aromatic rings. The van der Waals surface area contributed by atoms with Crippen LogP contribution < -0.4 is 26.4 Å². The first-order valence-corrected chi connectivity index (χ1v) is 10.3. The summed E-state index contributed by atoms with van der Waals surface area (Å²) in [5.41, 5.74) is 1.25. The molecule has 0 saturated heterocycles. The van der Waals surface area contributed by atoms with E-state index in [0.29, 0.717) is 30.4 Å². The standard InChI is InChI=1S/C21H26N6O6/c1-11-24-18-17(20(31)25-11)27(2)14(10-23-18)9-22-13-5-3-12(4-6-13)19(30)26-15(21(32)33)7-8-16(28)29/h3-6,14-15,22H,7-10H2,1-2H3,(H,26,30)(H,28,29)(H,32,33)(H2,23,24,25,31)/t14?,15-/m0/s1. The van der Waals surface area contributed by atoms with E-state index in [1.807, 2.05) is 11.9 Å². The quantitative estimate of drug-likeness (QED) is 0.309. The van der Waals surface area contributed by atoms with Crippen molar-refractivity contribution >= 4 is 35.0 Å². The van der Waals surface area contributed by atoms with Gasteiger partial charge in [0.1, 0.15) is 17.6 Å². The average molecular weight is 458 g/mol. The molecule has 2 heterocycles. The van der Waals surface area contributed by atoms with Gasteiger partial charge in [0.05, 0.1) is 6.04 Å². The number of hydrogen-bond acceptors (Lipinski definition) is 8. The van der Waals surface area contributed by atoms with Crippen LogP contribution in [0.1, 0.15) is 29.0 Å². The van der Waals surface area contributed by atoms with Crippen LogP contribution in [0.15, 0.2) is 29.1 Å². The Kier molecular flexibility index (Phi) is 7.16. The third-order valence-electron chi connectivity index (χ3n) is 5.36. The highest BCUT2D eigenvalue weighted by molar-refractivity contribution is 5.96. The van der Waals surface area contributed by atoms with Crippen LogP contribution in [0.4, 0.5) is 17.2 Å². The minimum atomic E-state index is -1.29. The highest BCUT2D eigenvalue weighted by Crippen LogP contribution is 2.24. The summed E-state index contributed by atoms with van der Waals surface area (Å²) in [6, 6.07) is 5.14. The van der Waals surface area contributed by atoms with E-state index >= 15 is 0 Å². The summed E-state index contributed by atoms with van der Waals surface area (Å²) in [5, 5.41) is 26.7. The van der Waals surface area contributed by atoms with Gasteiger partial charge in [-0.15, -0.1) is 0 Å². The van der Waals surface area contributed by atoms with Gasteiger partial charge in [0.15, 0.2) is 5.82 Å². The molecular formula is C21H26N6O6. The number of nitrogens with one attached hydrogen (secondary N) is 4. The van der Waals surface area contributed by atoms with Crippen molar-refractivity contribution in [3.05, 3.63) is 46.0 Å². The smallest absolute Gasteiger partial charge is 0.326 e. The number of anilines is 3. The normalized spacial score (nSPS) is 15.7. The molecule has 176 valence electrons. The Morgan fingerprint density at radius 3 is 2.58 bits per heavy atom. The summed E-state index contributed by atoms with van der Waals surface area (Å²) in [6.07, 6.45) is -0.573. The summed E-state index contributed by atoms with van der Waals surface area (Å²) < 4.78 is 0. The second kappa shape index (κ2) is 10.0. The molecule has 1 aromatic carbocycles. The number of carbonyl (C=O) groups is 3. The number of nitrogens with zero attached hydrogens (tertiary/aromatic N) is 2. The van der Waals surface area contributed by atoms with Gasteiger partial charge in [-0.2, -0.15) is 0 Å². The van der Waals surface area contributed by atoms with E-state index in [9.17, 15) is 24.3 Å². The molecule has 0 spiro atoms. The third kappa shape index (κ3) is 5.79. The lowest BCUT2D eigenvalue weighted by Gasteiger charge is -2.35. The van der Waals surface area contributed by atoms with Crippen LogP contribution in [0.25, 0.3) is 0 Å². The van der Waals surface area contributed by atoms with Crippen molar-refractivity contribution in [1.82, 2.24) is 15.3 Å². The minimum Gasteiger partial charge on any atom is -0.481 e. The zero-order valence-electron chi connectivity index (χ0n) is 18.2. The van der Waals surface area contributed by atoms with Gasteiger partial charge >= 0.3 is 11.9 Å². The van der Waals surface area contributed by atoms with E-state index in [1.165, 1.54) is 0 Å². The highest BCUT2D eigenvalue weighted by Gasteiger charge is 2.27. The molecule has 2 atom stereocenters. The number of aliphatic carboxylic acids is 2. The van der Waals surface area contributed by atoms with Crippen molar-refractivity contribution in [3.63, 3.8) is 0 Å². The van der Waals surface area contributed by atoms with E-state index in [-0.39, 0.29) is 30.0 Å².